The standard InChI is InChI=1S/C31H24N4O4/c1-20-27(34-16-6-5-14-25(34)33-20)29(36)26-28(35(31(38)30(26)37)19-21-9-8-15-32-18-21)22-10-7-13-24(17-22)39-23-11-3-2-4-12-23/h2-18,28,36H,19H2,1H3. The van der Waals surface area contributed by atoms with E-state index in [9.17, 15) is 14.7 Å². The van der Waals surface area contributed by atoms with Crippen molar-refractivity contribution in [1.29, 1.82) is 0 Å². The summed E-state index contributed by atoms with van der Waals surface area (Å²) in [6, 6.07) is 24.8. The lowest BCUT2D eigenvalue weighted by molar-refractivity contribution is -0.140. The molecular weight excluding hydrogens is 492 g/mol. The number of Topliss-reactive ketones (excluding diaryl/α,β-unsaturated/α-hetero) is 1. The summed E-state index contributed by atoms with van der Waals surface area (Å²) in [6.45, 7) is 1.90. The monoisotopic (exact) mass is 516 g/mol. The molecule has 8 heteroatoms. The van der Waals surface area contributed by atoms with Gasteiger partial charge in [0.2, 0.25) is 0 Å². The molecule has 0 saturated carbocycles. The number of aliphatic hydroxyl groups is 1. The van der Waals surface area contributed by atoms with Crippen LogP contribution in [0.5, 0.6) is 11.5 Å². The van der Waals surface area contributed by atoms with Crippen molar-refractivity contribution in [3.8, 4) is 11.5 Å². The molecule has 1 fully saturated rings. The number of carbonyl (C=O) groups excluding carboxylic acids is 2. The van der Waals surface area contributed by atoms with Gasteiger partial charge in [-0.3, -0.25) is 19.0 Å². The van der Waals surface area contributed by atoms with E-state index in [1.807, 2.05) is 60.7 Å². The number of aliphatic hydroxyl groups excluding tert-OH is 1. The number of carbonyl (C=O) groups is 2. The third kappa shape index (κ3) is 4.42. The molecule has 2 aromatic carbocycles. The number of hydrogen-bond donors (Lipinski definition) is 1. The van der Waals surface area contributed by atoms with E-state index in [-0.39, 0.29) is 17.9 Å². The minimum Gasteiger partial charge on any atom is -0.505 e. The maximum absolute atomic E-state index is 13.6. The van der Waals surface area contributed by atoms with Gasteiger partial charge in [-0.05, 0) is 60.5 Å². The number of nitrogens with zero attached hydrogens (tertiary/aromatic N) is 4. The fraction of sp³-hybridized carbons (Fsp3) is 0.0968. The van der Waals surface area contributed by atoms with E-state index < -0.39 is 17.7 Å². The van der Waals surface area contributed by atoms with Crippen molar-refractivity contribution in [3.05, 3.63) is 132 Å². The number of para-hydroxylation sites is 1. The van der Waals surface area contributed by atoms with Crippen LogP contribution < -0.4 is 4.74 Å². The molecule has 3 aromatic heterocycles. The Morgan fingerprint density at radius 1 is 0.949 bits per heavy atom. The number of rotatable bonds is 6. The number of ether oxygens (including phenoxy) is 1. The molecule has 0 spiro atoms. The second kappa shape index (κ2) is 9.90. The highest BCUT2D eigenvalue weighted by Crippen LogP contribution is 2.42. The van der Waals surface area contributed by atoms with Crippen molar-refractivity contribution < 1.29 is 19.4 Å². The molecule has 192 valence electrons. The zero-order valence-corrected chi connectivity index (χ0v) is 21.1. The van der Waals surface area contributed by atoms with Crippen LogP contribution in [0.4, 0.5) is 0 Å². The highest BCUT2D eigenvalue weighted by atomic mass is 16.5. The van der Waals surface area contributed by atoms with Crippen LogP contribution >= 0.6 is 0 Å². The predicted octanol–water partition coefficient (Wildman–Crippen LogP) is 5.45. The van der Waals surface area contributed by atoms with Gasteiger partial charge in [-0.25, -0.2) is 4.98 Å². The van der Waals surface area contributed by atoms with Gasteiger partial charge in [-0.1, -0.05) is 42.5 Å². The molecule has 1 N–H and O–H groups in total. The first-order chi connectivity index (χ1) is 19.0. The summed E-state index contributed by atoms with van der Waals surface area (Å²) in [6.07, 6.45) is 5.06. The van der Waals surface area contributed by atoms with Crippen molar-refractivity contribution >= 4 is 23.1 Å². The van der Waals surface area contributed by atoms with Crippen LogP contribution in [0.25, 0.3) is 11.4 Å². The van der Waals surface area contributed by atoms with Crippen LogP contribution in [0.3, 0.4) is 0 Å². The second-order valence-corrected chi connectivity index (χ2v) is 9.25. The SMILES string of the molecule is Cc1nc2ccccn2c1C(O)=C1C(=O)C(=O)N(Cc2cccnc2)C1c1cccc(Oc2ccccc2)c1. The van der Waals surface area contributed by atoms with Gasteiger partial charge in [0.15, 0.2) is 5.76 Å². The fourth-order valence-corrected chi connectivity index (χ4v) is 4.98. The number of pyridine rings is 2. The number of aryl methyl sites for hydroxylation is 1. The van der Waals surface area contributed by atoms with Crippen molar-refractivity contribution in [2.45, 2.75) is 19.5 Å². The summed E-state index contributed by atoms with van der Waals surface area (Å²) in [7, 11) is 0. The Kier molecular flexibility index (Phi) is 6.13. The lowest BCUT2D eigenvalue weighted by Gasteiger charge is -2.25. The molecular formula is C31H24N4O4. The smallest absolute Gasteiger partial charge is 0.295 e. The first-order valence-corrected chi connectivity index (χ1v) is 12.5. The highest BCUT2D eigenvalue weighted by molar-refractivity contribution is 6.46. The third-order valence-electron chi connectivity index (χ3n) is 6.70. The lowest BCUT2D eigenvalue weighted by Crippen LogP contribution is -2.29. The minimum atomic E-state index is -0.863. The van der Waals surface area contributed by atoms with E-state index in [0.29, 0.717) is 34.1 Å². The Bertz CT molecular complexity index is 1730. The molecule has 1 aliphatic rings. The molecule has 1 amide bonds. The van der Waals surface area contributed by atoms with Crippen LogP contribution in [0, 0.1) is 6.92 Å². The normalized spacial score (nSPS) is 16.6. The van der Waals surface area contributed by atoms with Crippen LogP contribution in [0.15, 0.2) is 109 Å². The molecule has 4 heterocycles. The fourth-order valence-electron chi connectivity index (χ4n) is 4.98. The van der Waals surface area contributed by atoms with Gasteiger partial charge in [-0.2, -0.15) is 0 Å². The largest absolute Gasteiger partial charge is 0.505 e. The molecule has 0 radical (unpaired) electrons. The summed E-state index contributed by atoms with van der Waals surface area (Å²) < 4.78 is 7.75. The Labute approximate surface area is 224 Å². The number of amides is 1. The molecule has 6 rings (SSSR count). The molecule has 1 aliphatic heterocycles. The van der Waals surface area contributed by atoms with E-state index in [1.165, 1.54) is 4.90 Å². The maximum Gasteiger partial charge on any atom is 0.295 e. The van der Waals surface area contributed by atoms with Gasteiger partial charge >= 0.3 is 0 Å². The van der Waals surface area contributed by atoms with E-state index in [1.54, 1.807) is 54.2 Å². The Hall–Kier alpha value is -5.24. The Morgan fingerprint density at radius 3 is 2.54 bits per heavy atom. The van der Waals surface area contributed by atoms with E-state index in [2.05, 4.69) is 9.97 Å². The molecule has 0 bridgehead atoms. The van der Waals surface area contributed by atoms with E-state index >= 15 is 0 Å². The van der Waals surface area contributed by atoms with Crippen LogP contribution in [0.2, 0.25) is 0 Å². The lowest BCUT2D eigenvalue weighted by atomic mass is 9.96. The Balaban J connectivity index is 1.51. The van der Waals surface area contributed by atoms with Crippen molar-refractivity contribution in [1.82, 2.24) is 19.3 Å². The number of likely N-dealkylation sites (tertiary alicyclic amines) is 1. The maximum atomic E-state index is 13.6. The summed E-state index contributed by atoms with van der Waals surface area (Å²) >= 11 is 0. The molecule has 1 saturated heterocycles. The van der Waals surface area contributed by atoms with Crippen molar-refractivity contribution in [2.24, 2.45) is 0 Å². The molecule has 0 aliphatic carbocycles. The zero-order valence-electron chi connectivity index (χ0n) is 21.1. The average molecular weight is 517 g/mol. The summed E-state index contributed by atoms with van der Waals surface area (Å²) in [5.74, 6) is -0.554. The van der Waals surface area contributed by atoms with Crippen LogP contribution in [-0.4, -0.2) is 36.1 Å². The molecule has 5 aromatic rings. The first kappa shape index (κ1) is 24.1. The van der Waals surface area contributed by atoms with Crippen LogP contribution in [-0.2, 0) is 16.1 Å². The average Bonchev–Trinajstić information content (AvgIpc) is 3.42. The Morgan fingerprint density at radius 2 is 1.74 bits per heavy atom. The number of fused-ring (bicyclic) bond motifs is 1. The number of benzene rings is 2. The van der Waals surface area contributed by atoms with Crippen molar-refractivity contribution in [3.63, 3.8) is 0 Å². The number of ketones is 1. The van der Waals surface area contributed by atoms with Crippen LogP contribution in [0.1, 0.15) is 28.6 Å². The quantitative estimate of drug-likeness (QED) is 0.183. The second-order valence-electron chi connectivity index (χ2n) is 9.25. The van der Waals surface area contributed by atoms with Gasteiger partial charge in [-0.15, -0.1) is 0 Å². The molecule has 1 atom stereocenters. The topological polar surface area (TPSA) is 97.0 Å². The van der Waals surface area contributed by atoms with Gasteiger partial charge in [0.05, 0.1) is 17.3 Å². The summed E-state index contributed by atoms with van der Waals surface area (Å²) in [4.78, 5) is 37.2. The van der Waals surface area contributed by atoms with E-state index in [4.69, 9.17) is 4.74 Å². The molecule has 39 heavy (non-hydrogen) atoms. The summed E-state index contributed by atoms with van der Waals surface area (Å²) in [5.41, 5.74) is 2.90. The van der Waals surface area contributed by atoms with Crippen molar-refractivity contribution in [2.75, 3.05) is 0 Å². The number of hydrogen-bond acceptors (Lipinski definition) is 6. The van der Waals surface area contributed by atoms with Gasteiger partial charge in [0, 0.05) is 25.1 Å². The number of aromatic nitrogens is 3. The summed E-state index contributed by atoms with van der Waals surface area (Å²) in [5, 5.41) is 11.7. The van der Waals surface area contributed by atoms with Gasteiger partial charge in [0.1, 0.15) is 22.8 Å². The third-order valence-corrected chi connectivity index (χ3v) is 6.70. The minimum absolute atomic E-state index is 0.00509. The predicted molar refractivity (Wildman–Crippen MR) is 145 cm³/mol. The zero-order chi connectivity index (χ0) is 26.9. The highest BCUT2D eigenvalue weighted by Gasteiger charge is 2.46. The van der Waals surface area contributed by atoms with E-state index in [0.717, 1.165) is 5.56 Å². The van der Waals surface area contributed by atoms with Gasteiger partial charge < -0.3 is 14.7 Å². The first-order valence-electron chi connectivity index (χ1n) is 12.5. The molecule has 8 nitrogen and oxygen atoms in total. The number of imidazole rings is 1. The van der Waals surface area contributed by atoms with Gasteiger partial charge in [0.25, 0.3) is 11.7 Å². The molecule has 1 unspecified atom stereocenters.